The summed E-state index contributed by atoms with van der Waals surface area (Å²) < 4.78 is 51.4. The van der Waals surface area contributed by atoms with Gasteiger partial charge in [-0.3, -0.25) is 4.99 Å². The largest absolute Gasteiger partial charge is 0.489 e. The number of sulfonamides is 1. The standard InChI is InChI=1S/C19H31FN4O4S/c1-21-19(24(2)11-13-28-18-9-4-3-8-17(18)20)22-10-14-29(25,26)23-15-16-7-5-6-12-27-16/h3-4,8-9,16,23H,5-7,10-15H2,1-2H3,(H,21,22). The number of guanidine groups is 1. The third-order valence-electron chi connectivity index (χ3n) is 4.55. The molecule has 10 heteroatoms. The first-order chi connectivity index (χ1) is 13.9. The van der Waals surface area contributed by atoms with Crippen molar-refractivity contribution in [3.63, 3.8) is 0 Å². The first kappa shape index (κ1) is 23.4. The van der Waals surface area contributed by atoms with Crippen LogP contribution in [-0.4, -0.2) is 78.1 Å². The molecule has 0 aromatic heterocycles. The zero-order chi connectivity index (χ0) is 21.1. The molecule has 1 unspecified atom stereocenters. The maximum Gasteiger partial charge on any atom is 0.213 e. The summed E-state index contributed by atoms with van der Waals surface area (Å²) in [6.45, 7) is 1.94. The predicted molar refractivity (Wildman–Crippen MR) is 111 cm³/mol. The lowest BCUT2D eigenvalue weighted by atomic mass is 10.1. The van der Waals surface area contributed by atoms with Crippen molar-refractivity contribution in [2.24, 2.45) is 4.99 Å². The van der Waals surface area contributed by atoms with Crippen LogP contribution in [0.2, 0.25) is 0 Å². The Morgan fingerprint density at radius 1 is 1.38 bits per heavy atom. The number of aliphatic imine (C=N–C) groups is 1. The molecule has 1 aromatic carbocycles. The molecule has 1 aromatic rings. The third kappa shape index (κ3) is 8.55. The van der Waals surface area contributed by atoms with Crippen LogP contribution in [0.4, 0.5) is 4.39 Å². The van der Waals surface area contributed by atoms with Crippen LogP contribution in [0, 0.1) is 5.82 Å². The number of benzene rings is 1. The maximum atomic E-state index is 13.6. The Labute approximate surface area is 172 Å². The van der Waals surface area contributed by atoms with Gasteiger partial charge in [-0.15, -0.1) is 0 Å². The van der Waals surface area contributed by atoms with Crippen LogP contribution in [0.5, 0.6) is 5.75 Å². The molecule has 2 N–H and O–H groups in total. The van der Waals surface area contributed by atoms with E-state index < -0.39 is 15.8 Å². The number of rotatable bonds is 10. The molecular weight excluding hydrogens is 399 g/mol. The molecule has 1 atom stereocenters. The molecule has 0 radical (unpaired) electrons. The number of para-hydroxylation sites is 1. The fourth-order valence-electron chi connectivity index (χ4n) is 2.90. The van der Waals surface area contributed by atoms with E-state index in [1.807, 2.05) is 0 Å². The van der Waals surface area contributed by atoms with E-state index in [0.717, 1.165) is 19.3 Å². The van der Waals surface area contributed by atoms with Crippen LogP contribution >= 0.6 is 0 Å². The van der Waals surface area contributed by atoms with Crippen molar-refractivity contribution in [1.82, 2.24) is 14.9 Å². The predicted octanol–water partition coefficient (Wildman–Crippen LogP) is 1.20. The Balaban J connectivity index is 1.68. The summed E-state index contributed by atoms with van der Waals surface area (Å²) in [7, 11) is 0.0130. The van der Waals surface area contributed by atoms with Gasteiger partial charge in [0.2, 0.25) is 10.0 Å². The van der Waals surface area contributed by atoms with E-state index >= 15 is 0 Å². The summed E-state index contributed by atoms with van der Waals surface area (Å²) >= 11 is 0. The van der Waals surface area contributed by atoms with Crippen molar-refractivity contribution < 1.29 is 22.3 Å². The first-order valence-corrected chi connectivity index (χ1v) is 11.4. The molecule has 2 rings (SSSR count). The molecule has 164 valence electrons. The van der Waals surface area contributed by atoms with Gasteiger partial charge >= 0.3 is 0 Å². The molecule has 0 bridgehead atoms. The quantitative estimate of drug-likeness (QED) is 0.428. The minimum atomic E-state index is -3.40. The van der Waals surface area contributed by atoms with Crippen LogP contribution in [0.15, 0.2) is 29.3 Å². The van der Waals surface area contributed by atoms with Crippen LogP contribution < -0.4 is 14.8 Å². The van der Waals surface area contributed by atoms with Crippen molar-refractivity contribution in [2.45, 2.75) is 25.4 Å². The average molecular weight is 431 g/mol. The lowest BCUT2D eigenvalue weighted by Crippen LogP contribution is -2.44. The van der Waals surface area contributed by atoms with Gasteiger partial charge in [0, 0.05) is 33.8 Å². The van der Waals surface area contributed by atoms with Gasteiger partial charge in [0.25, 0.3) is 0 Å². The summed E-state index contributed by atoms with van der Waals surface area (Å²) in [4.78, 5) is 5.93. The van der Waals surface area contributed by atoms with E-state index in [-0.39, 0.29) is 30.8 Å². The highest BCUT2D eigenvalue weighted by Crippen LogP contribution is 2.15. The van der Waals surface area contributed by atoms with E-state index in [1.54, 1.807) is 37.2 Å². The monoisotopic (exact) mass is 430 g/mol. The molecule has 1 fully saturated rings. The second-order valence-electron chi connectivity index (χ2n) is 6.83. The van der Waals surface area contributed by atoms with Gasteiger partial charge in [0.05, 0.1) is 18.4 Å². The second-order valence-corrected chi connectivity index (χ2v) is 8.76. The average Bonchev–Trinajstić information content (AvgIpc) is 2.72. The van der Waals surface area contributed by atoms with Crippen LogP contribution in [0.3, 0.4) is 0 Å². The van der Waals surface area contributed by atoms with Crippen molar-refractivity contribution in [1.29, 1.82) is 0 Å². The lowest BCUT2D eigenvalue weighted by Gasteiger charge is -2.23. The van der Waals surface area contributed by atoms with E-state index in [4.69, 9.17) is 9.47 Å². The van der Waals surface area contributed by atoms with Crippen molar-refractivity contribution >= 4 is 16.0 Å². The van der Waals surface area contributed by atoms with Crippen molar-refractivity contribution in [3.8, 4) is 5.75 Å². The third-order valence-corrected chi connectivity index (χ3v) is 5.90. The smallest absolute Gasteiger partial charge is 0.213 e. The van der Waals surface area contributed by atoms with E-state index in [9.17, 15) is 12.8 Å². The van der Waals surface area contributed by atoms with E-state index in [0.29, 0.717) is 25.7 Å². The van der Waals surface area contributed by atoms with Gasteiger partial charge in [-0.2, -0.15) is 0 Å². The van der Waals surface area contributed by atoms with Gasteiger partial charge in [-0.05, 0) is 31.4 Å². The molecule has 1 aliphatic heterocycles. The van der Waals surface area contributed by atoms with Crippen LogP contribution in [-0.2, 0) is 14.8 Å². The van der Waals surface area contributed by atoms with E-state index in [1.165, 1.54) is 6.07 Å². The summed E-state index contributed by atoms with van der Waals surface area (Å²) in [5.74, 6) is 0.253. The SMILES string of the molecule is CN=C(NCCS(=O)(=O)NCC1CCCCO1)N(C)CCOc1ccccc1F. The van der Waals surface area contributed by atoms with Gasteiger partial charge in [-0.25, -0.2) is 17.5 Å². The number of halogens is 1. The number of hydrogen-bond donors (Lipinski definition) is 2. The highest BCUT2D eigenvalue weighted by atomic mass is 32.2. The van der Waals surface area contributed by atoms with Crippen LogP contribution in [0.25, 0.3) is 0 Å². The number of likely N-dealkylation sites (N-methyl/N-ethyl adjacent to an activating group) is 1. The number of ether oxygens (including phenoxy) is 2. The minimum absolute atomic E-state index is 0.0418. The van der Waals surface area contributed by atoms with Gasteiger partial charge in [0.15, 0.2) is 17.5 Å². The Bertz CT molecular complexity index is 754. The molecular formula is C19H31FN4O4S. The highest BCUT2D eigenvalue weighted by Gasteiger charge is 2.18. The Kier molecular flexibility index (Phi) is 9.62. The molecule has 29 heavy (non-hydrogen) atoms. The molecule has 1 heterocycles. The van der Waals surface area contributed by atoms with Crippen LogP contribution in [0.1, 0.15) is 19.3 Å². The molecule has 0 saturated carbocycles. The Morgan fingerprint density at radius 2 is 2.17 bits per heavy atom. The molecule has 1 saturated heterocycles. The first-order valence-electron chi connectivity index (χ1n) is 9.79. The number of nitrogens with zero attached hydrogens (tertiary/aromatic N) is 2. The highest BCUT2D eigenvalue weighted by molar-refractivity contribution is 7.89. The minimum Gasteiger partial charge on any atom is -0.489 e. The fraction of sp³-hybridized carbons (Fsp3) is 0.632. The molecule has 0 amide bonds. The normalized spacial score (nSPS) is 17.8. The maximum absolute atomic E-state index is 13.6. The zero-order valence-electron chi connectivity index (χ0n) is 17.1. The summed E-state index contributed by atoms with van der Waals surface area (Å²) in [5, 5.41) is 3.02. The topological polar surface area (TPSA) is 92.3 Å². The molecule has 0 spiro atoms. The van der Waals surface area contributed by atoms with Crippen molar-refractivity contribution in [3.05, 3.63) is 30.1 Å². The van der Waals surface area contributed by atoms with Gasteiger partial charge in [0.1, 0.15) is 6.61 Å². The van der Waals surface area contributed by atoms with Crippen molar-refractivity contribution in [2.75, 3.05) is 52.7 Å². The second kappa shape index (κ2) is 11.9. The lowest BCUT2D eigenvalue weighted by molar-refractivity contribution is 0.0200. The number of hydrogen-bond acceptors (Lipinski definition) is 5. The Morgan fingerprint density at radius 3 is 2.86 bits per heavy atom. The molecule has 0 aliphatic carbocycles. The zero-order valence-corrected chi connectivity index (χ0v) is 17.9. The van der Waals surface area contributed by atoms with E-state index in [2.05, 4.69) is 15.0 Å². The summed E-state index contributed by atoms with van der Waals surface area (Å²) in [5.41, 5.74) is 0. The molecule has 8 nitrogen and oxygen atoms in total. The number of nitrogens with one attached hydrogen (secondary N) is 2. The summed E-state index contributed by atoms with van der Waals surface area (Å²) in [6, 6.07) is 6.22. The Hall–Kier alpha value is -1.91. The summed E-state index contributed by atoms with van der Waals surface area (Å²) in [6.07, 6.45) is 2.94. The molecule has 1 aliphatic rings. The fourth-order valence-corrected chi connectivity index (χ4v) is 3.86. The van der Waals surface area contributed by atoms with Gasteiger partial charge < -0.3 is 19.7 Å². The van der Waals surface area contributed by atoms with Gasteiger partial charge in [-0.1, -0.05) is 12.1 Å².